The molecule has 3 saturated heterocycles. The molecule has 0 radical (unpaired) electrons. The molecule has 3 aliphatic rings. The molecule has 91 heavy (non-hydrogen) atoms. The van der Waals surface area contributed by atoms with Crippen molar-refractivity contribution in [3.63, 3.8) is 0 Å². The Morgan fingerprint density at radius 1 is 0.407 bits per heavy atom. The first kappa shape index (κ1) is 81.4. The van der Waals surface area contributed by atoms with Crippen LogP contribution in [0.15, 0.2) is 122 Å². The Labute approximate surface area is 544 Å². The molecule has 17 unspecified atom stereocenters. The summed E-state index contributed by atoms with van der Waals surface area (Å²) < 4.78 is 34.3. The van der Waals surface area contributed by atoms with Crippen LogP contribution >= 0.6 is 0 Å². The molecular weight excluding hydrogens is 1170 g/mol. The third-order valence-electron chi connectivity index (χ3n) is 16.3. The first-order valence-corrected chi connectivity index (χ1v) is 34.3. The number of nitrogens with one attached hydrogen (secondary N) is 1. The molecule has 3 fully saturated rings. The summed E-state index contributed by atoms with van der Waals surface area (Å²) in [4.78, 5) is 13.4. The van der Waals surface area contributed by atoms with Crippen LogP contribution in [-0.2, 0) is 33.2 Å². The van der Waals surface area contributed by atoms with E-state index in [0.29, 0.717) is 6.42 Å². The molecule has 520 valence electrons. The predicted octanol–water partition coefficient (Wildman–Crippen LogP) is 8.82. The highest BCUT2D eigenvalue weighted by Crippen LogP contribution is 2.33. The predicted molar refractivity (Wildman–Crippen MR) is 355 cm³/mol. The van der Waals surface area contributed by atoms with Gasteiger partial charge in [0.2, 0.25) is 5.91 Å². The van der Waals surface area contributed by atoms with Crippen molar-refractivity contribution in [2.45, 2.75) is 298 Å². The normalized spacial score (nSPS) is 28.6. The van der Waals surface area contributed by atoms with Crippen molar-refractivity contribution in [1.82, 2.24) is 5.32 Å². The van der Waals surface area contributed by atoms with E-state index in [0.717, 1.165) is 128 Å². The summed E-state index contributed by atoms with van der Waals surface area (Å²) in [6.45, 7) is 1.56. The molecule has 0 aromatic carbocycles. The number of allylic oxidation sites excluding steroid dienone is 19. The average molecular weight is 1290 g/mol. The summed E-state index contributed by atoms with van der Waals surface area (Å²) in [6.07, 6.45) is 44.7. The van der Waals surface area contributed by atoms with Gasteiger partial charge in [0.25, 0.3) is 0 Å². The van der Waals surface area contributed by atoms with Crippen LogP contribution in [-0.4, -0.2) is 193 Å². The van der Waals surface area contributed by atoms with Crippen molar-refractivity contribution in [3.05, 3.63) is 122 Å². The van der Waals surface area contributed by atoms with Gasteiger partial charge in [-0.05, 0) is 89.9 Å². The third-order valence-corrected chi connectivity index (χ3v) is 16.3. The standard InChI is InChI=1S/C72H119NO18/c1-3-5-7-9-11-13-15-16-17-18-19-20-21-22-23-24-25-26-27-28-29-30-31-32-33-34-35-36-37-38-40-42-44-46-48-50-60(78)73-55(56(77)49-47-45-43-41-39-14-12-10-8-6-4-2)54-86-70-66(84)63(81)68(58(52-75)88-70)91-72-67(85)64(82)69(59(53-76)89-72)90-71-65(83)62(80)61(79)57(51-74)87-71/h5,7,11,13,16-17,19-20,22-23,25-26,28-29,31-32,34-35,47,49,55-59,61-72,74-77,79-85H,3-4,6,8-10,12,14-15,18,21,24,27,30,33,36-46,48,50-54H2,1-2H3,(H,73,78)/b7-5-,13-11-,17-16-,20-19-,23-22-,26-25-,29-28-,32-31-,35-34-,49-47+. The highest BCUT2D eigenvalue weighted by Gasteiger charge is 2.53. The number of carbonyl (C=O) groups is 1. The van der Waals surface area contributed by atoms with Gasteiger partial charge >= 0.3 is 0 Å². The summed E-state index contributed by atoms with van der Waals surface area (Å²) in [5.41, 5.74) is 0. The second-order valence-electron chi connectivity index (χ2n) is 23.9. The molecule has 0 aromatic rings. The number of hydrogen-bond acceptors (Lipinski definition) is 18. The highest BCUT2D eigenvalue weighted by molar-refractivity contribution is 5.76. The topological polar surface area (TPSA) is 307 Å². The maximum absolute atomic E-state index is 13.4. The van der Waals surface area contributed by atoms with Gasteiger partial charge in [-0.15, -0.1) is 0 Å². The monoisotopic (exact) mass is 1290 g/mol. The lowest BCUT2D eigenvalue weighted by Crippen LogP contribution is -2.66. The zero-order chi connectivity index (χ0) is 66.1. The average Bonchev–Trinajstić information content (AvgIpc) is 1.05. The lowest BCUT2D eigenvalue weighted by atomic mass is 9.96. The molecule has 0 aromatic heterocycles. The largest absolute Gasteiger partial charge is 0.394 e. The first-order valence-electron chi connectivity index (χ1n) is 34.3. The van der Waals surface area contributed by atoms with E-state index in [-0.39, 0.29) is 18.9 Å². The molecule has 3 heterocycles. The minimum atomic E-state index is -1.98. The molecule has 19 heteroatoms. The van der Waals surface area contributed by atoms with Crippen LogP contribution in [0, 0.1) is 0 Å². The maximum atomic E-state index is 13.4. The fourth-order valence-electron chi connectivity index (χ4n) is 10.7. The van der Waals surface area contributed by atoms with Crippen molar-refractivity contribution in [2.75, 3.05) is 26.4 Å². The van der Waals surface area contributed by atoms with Gasteiger partial charge in [-0.2, -0.15) is 0 Å². The smallest absolute Gasteiger partial charge is 0.220 e. The minimum Gasteiger partial charge on any atom is -0.394 e. The van der Waals surface area contributed by atoms with Crippen molar-refractivity contribution < 1.29 is 89.4 Å². The zero-order valence-corrected chi connectivity index (χ0v) is 54.8. The molecule has 3 rings (SSSR count). The summed E-state index contributed by atoms with van der Waals surface area (Å²) in [6, 6.07) is -0.987. The van der Waals surface area contributed by atoms with Gasteiger partial charge in [0.05, 0.1) is 38.6 Å². The number of carbonyl (C=O) groups excluding carboxylic acids is 1. The number of aliphatic hydroxyl groups excluding tert-OH is 11. The number of ether oxygens (including phenoxy) is 6. The Kier molecular flexibility index (Phi) is 46.9. The molecule has 0 bridgehead atoms. The van der Waals surface area contributed by atoms with E-state index in [1.165, 1.54) is 38.5 Å². The molecule has 19 nitrogen and oxygen atoms in total. The Hall–Kier alpha value is -3.81. The van der Waals surface area contributed by atoms with E-state index >= 15 is 0 Å². The van der Waals surface area contributed by atoms with Gasteiger partial charge < -0.3 is 89.9 Å². The van der Waals surface area contributed by atoms with E-state index in [1.807, 2.05) is 6.08 Å². The Morgan fingerprint density at radius 3 is 1.19 bits per heavy atom. The number of hydrogen-bond donors (Lipinski definition) is 12. The van der Waals surface area contributed by atoms with Crippen molar-refractivity contribution in [1.29, 1.82) is 0 Å². The highest BCUT2D eigenvalue weighted by atomic mass is 16.8. The van der Waals surface area contributed by atoms with Gasteiger partial charge in [-0.1, -0.05) is 219 Å². The van der Waals surface area contributed by atoms with Crippen LogP contribution in [0.1, 0.15) is 194 Å². The molecule has 3 aliphatic heterocycles. The first-order chi connectivity index (χ1) is 44.3. The second kappa shape index (κ2) is 52.5. The summed E-state index contributed by atoms with van der Waals surface area (Å²) in [5.74, 6) is -0.294. The summed E-state index contributed by atoms with van der Waals surface area (Å²) >= 11 is 0. The summed E-state index contributed by atoms with van der Waals surface area (Å²) in [5, 5.41) is 120. The fourth-order valence-corrected chi connectivity index (χ4v) is 10.7. The van der Waals surface area contributed by atoms with Crippen LogP contribution < -0.4 is 5.32 Å². The van der Waals surface area contributed by atoms with Crippen molar-refractivity contribution in [3.8, 4) is 0 Å². The van der Waals surface area contributed by atoms with Gasteiger partial charge in [0.15, 0.2) is 18.9 Å². The van der Waals surface area contributed by atoms with Gasteiger partial charge in [-0.25, -0.2) is 0 Å². The van der Waals surface area contributed by atoms with Crippen LogP contribution in [0.5, 0.6) is 0 Å². The lowest BCUT2D eigenvalue weighted by molar-refractivity contribution is -0.379. The molecule has 17 atom stereocenters. The number of rotatable bonds is 50. The van der Waals surface area contributed by atoms with Gasteiger partial charge in [0, 0.05) is 6.42 Å². The molecule has 1 amide bonds. The Morgan fingerprint density at radius 2 is 0.758 bits per heavy atom. The maximum Gasteiger partial charge on any atom is 0.220 e. The van der Waals surface area contributed by atoms with E-state index in [9.17, 15) is 61.0 Å². The SMILES string of the molecule is CC/C=C\C/C=C\C/C=C\C/C=C\C/C=C\C/C=C\C/C=C\C/C=C\C/C=C\CCCCCCCCCC(=O)NC(COC1OC(CO)C(OC2OC(CO)C(OC3OC(CO)C(O)C(O)C3O)C(O)C2O)C(O)C1O)C(O)/C=C/CCCCCCCCCCC. The summed E-state index contributed by atoms with van der Waals surface area (Å²) in [7, 11) is 0. The quantitative estimate of drug-likeness (QED) is 0.0200. The van der Waals surface area contributed by atoms with E-state index in [4.69, 9.17) is 28.4 Å². The molecule has 12 N–H and O–H groups in total. The van der Waals surface area contributed by atoms with Crippen LogP contribution in [0.3, 0.4) is 0 Å². The third kappa shape index (κ3) is 34.4. The minimum absolute atomic E-state index is 0.222. The number of unbranched alkanes of at least 4 members (excludes halogenated alkanes) is 16. The zero-order valence-electron chi connectivity index (χ0n) is 54.8. The van der Waals surface area contributed by atoms with Crippen LogP contribution in [0.4, 0.5) is 0 Å². The van der Waals surface area contributed by atoms with Crippen LogP contribution in [0.2, 0.25) is 0 Å². The van der Waals surface area contributed by atoms with Gasteiger partial charge in [-0.3, -0.25) is 4.79 Å². The Bertz CT molecular complexity index is 2120. The Balaban J connectivity index is 1.37. The van der Waals surface area contributed by atoms with E-state index in [2.05, 4.69) is 129 Å². The van der Waals surface area contributed by atoms with Crippen molar-refractivity contribution in [2.24, 2.45) is 0 Å². The van der Waals surface area contributed by atoms with Crippen molar-refractivity contribution >= 4 is 5.91 Å². The fraction of sp³-hybridized carbons (Fsp3) is 0.708. The second-order valence-corrected chi connectivity index (χ2v) is 23.9. The lowest BCUT2D eigenvalue weighted by Gasteiger charge is -2.48. The molecule has 0 aliphatic carbocycles. The molecule has 0 spiro atoms. The van der Waals surface area contributed by atoms with Gasteiger partial charge in [0.1, 0.15) is 73.2 Å². The number of aliphatic hydroxyl groups is 11. The van der Waals surface area contributed by atoms with E-state index in [1.54, 1.807) is 6.08 Å². The molecular formula is C72H119NO18. The number of amides is 1. The van der Waals surface area contributed by atoms with Crippen LogP contribution in [0.25, 0.3) is 0 Å². The van der Waals surface area contributed by atoms with E-state index < -0.39 is 124 Å². The molecule has 0 saturated carbocycles.